The van der Waals surface area contributed by atoms with Crippen LogP contribution in [0.4, 0.5) is 11.4 Å². The van der Waals surface area contributed by atoms with Gasteiger partial charge in [-0.15, -0.1) is 0 Å². The molecule has 0 radical (unpaired) electrons. The number of anilines is 2. The highest BCUT2D eigenvalue weighted by Gasteiger charge is 2.39. The Bertz CT molecular complexity index is 1410. The lowest BCUT2D eigenvalue weighted by atomic mass is 9.99. The number of amides is 3. The molecule has 2 aliphatic rings. The topological polar surface area (TPSA) is 69.7 Å². The van der Waals surface area contributed by atoms with Crippen LogP contribution in [0, 0.1) is 13.8 Å². The molecule has 3 amide bonds. The molecule has 5 rings (SSSR count). The Morgan fingerprint density at radius 1 is 0.914 bits per heavy atom. The number of nitrogens with zero attached hydrogens (tertiary/aromatic N) is 2. The SMILES string of the molecule is Cc1cccc(N2C(=O)C(Cl)=C(Nc3cccc(C(=O)N4CCc5ccccc5C4)c3)C2=O)c1C. The molecule has 0 aromatic heterocycles. The van der Waals surface area contributed by atoms with Gasteiger partial charge in [0, 0.05) is 24.3 Å². The average molecular weight is 486 g/mol. The van der Waals surface area contributed by atoms with Crippen LogP contribution in [0.25, 0.3) is 0 Å². The van der Waals surface area contributed by atoms with E-state index < -0.39 is 11.8 Å². The number of carbonyl (C=O) groups is 3. The lowest BCUT2D eigenvalue weighted by molar-refractivity contribution is -0.120. The van der Waals surface area contributed by atoms with Crippen LogP contribution in [0.3, 0.4) is 0 Å². The highest BCUT2D eigenvalue weighted by Crippen LogP contribution is 2.33. The Morgan fingerprint density at radius 2 is 1.66 bits per heavy atom. The number of hydrogen-bond acceptors (Lipinski definition) is 4. The second-order valence-electron chi connectivity index (χ2n) is 8.80. The highest BCUT2D eigenvalue weighted by atomic mass is 35.5. The first-order valence-corrected chi connectivity index (χ1v) is 11.8. The van der Waals surface area contributed by atoms with E-state index in [1.807, 2.05) is 43.0 Å². The fraction of sp³-hybridized carbons (Fsp3) is 0.179. The maximum Gasteiger partial charge on any atom is 0.283 e. The molecule has 0 atom stereocenters. The van der Waals surface area contributed by atoms with Crippen LogP contribution in [0.2, 0.25) is 0 Å². The molecule has 0 spiro atoms. The van der Waals surface area contributed by atoms with Gasteiger partial charge in [-0.25, -0.2) is 4.90 Å². The molecule has 0 saturated heterocycles. The van der Waals surface area contributed by atoms with E-state index in [9.17, 15) is 14.4 Å². The van der Waals surface area contributed by atoms with Crippen molar-refractivity contribution in [3.8, 4) is 0 Å². The first kappa shape index (κ1) is 22.9. The van der Waals surface area contributed by atoms with Crippen LogP contribution in [0.1, 0.15) is 32.6 Å². The molecule has 7 heteroatoms. The summed E-state index contributed by atoms with van der Waals surface area (Å²) in [5, 5.41) is 2.80. The number of benzene rings is 3. The van der Waals surface area contributed by atoms with Crippen LogP contribution in [-0.2, 0) is 22.6 Å². The van der Waals surface area contributed by atoms with Gasteiger partial charge < -0.3 is 10.2 Å². The predicted molar refractivity (Wildman–Crippen MR) is 136 cm³/mol. The van der Waals surface area contributed by atoms with Crippen LogP contribution >= 0.6 is 11.6 Å². The zero-order valence-electron chi connectivity index (χ0n) is 19.5. The molecular weight excluding hydrogens is 462 g/mol. The standard InChI is InChI=1S/C28H24ClN3O3/c1-17-7-5-12-23(18(17)2)32-27(34)24(29)25(28(32)35)30-22-11-6-10-20(15-22)26(33)31-14-13-19-8-3-4-9-21(19)16-31/h3-12,15,30H,13-14,16H2,1-2H3. The van der Waals surface area contributed by atoms with E-state index in [-0.39, 0.29) is 16.6 Å². The van der Waals surface area contributed by atoms with Gasteiger partial charge in [0.1, 0.15) is 10.7 Å². The minimum atomic E-state index is -0.577. The molecule has 0 unspecified atom stereocenters. The summed E-state index contributed by atoms with van der Waals surface area (Å²) in [5.74, 6) is -1.20. The van der Waals surface area contributed by atoms with Gasteiger partial charge in [-0.3, -0.25) is 14.4 Å². The zero-order valence-corrected chi connectivity index (χ0v) is 20.2. The molecule has 2 aliphatic heterocycles. The second-order valence-corrected chi connectivity index (χ2v) is 9.18. The van der Waals surface area contributed by atoms with E-state index in [0.717, 1.165) is 28.0 Å². The van der Waals surface area contributed by atoms with E-state index in [0.29, 0.717) is 30.0 Å². The Kier molecular flexibility index (Phi) is 5.91. The minimum absolute atomic E-state index is 0.00549. The van der Waals surface area contributed by atoms with Gasteiger partial charge in [0.05, 0.1) is 5.69 Å². The smallest absolute Gasteiger partial charge is 0.283 e. The Labute approximate surface area is 208 Å². The van der Waals surface area contributed by atoms with Gasteiger partial charge in [0.25, 0.3) is 17.7 Å². The van der Waals surface area contributed by atoms with Gasteiger partial charge in [0.15, 0.2) is 0 Å². The normalized spacial score (nSPS) is 15.5. The lowest BCUT2D eigenvalue weighted by Gasteiger charge is -2.29. The number of imide groups is 1. The third-order valence-electron chi connectivity index (χ3n) is 6.64. The van der Waals surface area contributed by atoms with Gasteiger partial charge in [-0.2, -0.15) is 0 Å². The fourth-order valence-electron chi connectivity index (χ4n) is 4.53. The van der Waals surface area contributed by atoms with Crippen molar-refractivity contribution in [2.24, 2.45) is 0 Å². The summed E-state index contributed by atoms with van der Waals surface area (Å²) in [6.45, 7) is 4.98. The maximum absolute atomic E-state index is 13.2. The van der Waals surface area contributed by atoms with Crippen LogP contribution in [0.15, 0.2) is 77.5 Å². The van der Waals surface area contributed by atoms with Crippen LogP contribution < -0.4 is 10.2 Å². The van der Waals surface area contributed by atoms with E-state index in [2.05, 4.69) is 11.4 Å². The van der Waals surface area contributed by atoms with E-state index >= 15 is 0 Å². The number of nitrogens with one attached hydrogen (secondary N) is 1. The van der Waals surface area contributed by atoms with Gasteiger partial charge in [0.2, 0.25) is 0 Å². The fourth-order valence-corrected chi connectivity index (χ4v) is 4.75. The minimum Gasteiger partial charge on any atom is -0.350 e. The second kappa shape index (κ2) is 9.04. The van der Waals surface area contributed by atoms with Gasteiger partial charge >= 0.3 is 0 Å². The number of aryl methyl sites for hydroxylation is 1. The van der Waals surface area contributed by atoms with Crippen molar-refractivity contribution in [3.05, 3.63) is 105 Å². The summed E-state index contributed by atoms with van der Waals surface area (Å²) >= 11 is 6.31. The molecule has 3 aromatic carbocycles. The summed E-state index contributed by atoms with van der Waals surface area (Å²) in [5.41, 5.74) is 5.71. The Balaban J connectivity index is 1.37. The van der Waals surface area contributed by atoms with Crippen molar-refractivity contribution in [2.45, 2.75) is 26.8 Å². The summed E-state index contributed by atoms with van der Waals surface area (Å²) in [6, 6.07) is 20.5. The van der Waals surface area contributed by atoms with Crippen molar-refractivity contribution in [1.82, 2.24) is 4.90 Å². The van der Waals surface area contributed by atoms with Crippen LogP contribution in [0.5, 0.6) is 0 Å². The molecule has 0 saturated carbocycles. The van der Waals surface area contributed by atoms with Gasteiger partial charge in [-0.1, -0.05) is 54.1 Å². The molecule has 3 aromatic rings. The Morgan fingerprint density at radius 3 is 2.46 bits per heavy atom. The third-order valence-corrected chi connectivity index (χ3v) is 6.99. The van der Waals surface area contributed by atoms with E-state index in [1.165, 1.54) is 5.56 Å². The number of hydrogen-bond donors (Lipinski definition) is 1. The molecule has 0 bridgehead atoms. The van der Waals surface area contributed by atoms with Crippen molar-refractivity contribution >= 4 is 40.7 Å². The molecule has 35 heavy (non-hydrogen) atoms. The number of rotatable bonds is 4. The van der Waals surface area contributed by atoms with Crippen molar-refractivity contribution in [3.63, 3.8) is 0 Å². The molecule has 0 aliphatic carbocycles. The molecule has 2 heterocycles. The van der Waals surface area contributed by atoms with Crippen molar-refractivity contribution in [1.29, 1.82) is 0 Å². The zero-order chi connectivity index (χ0) is 24.7. The molecule has 6 nitrogen and oxygen atoms in total. The summed E-state index contributed by atoms with van der Waals surface area (Å²) in [7, 11) is 0. The number of carbonyl (C=O) groups excluding carboxylic acids is 3. The molecule has 0 fully saturated rings. The summed E-state index contributed by atoms with van der Waals surface area (Å²) in [4.78, 5) is 42.2. The highest BCUT2D eigenvalue weighted by molar-refractivity contribution is 6.53. The third kappa shape index (κ3) is 4.10. The van der Waals surface area contributed by atoms with Crippen LogP contribution in [-0.4, -0.2) is 29.2 Å². The molecular formula is C28H24ClN3O3. The van der Waals surface area contributed by atoms with E-state index in [4.69, 9.17) is 11.6 Å². The molecule has 1 N–H and O–H groups in total. The van der Waals surface area contributed by atoms with Crippen molar-refractivity contribution < 1.29 is 14.4 Å². The summed E-state index contributed by atoms with van der Waals surface area (Å²) < 4.78 is 0. The van der Waals surface area contributed by atoms with Crippen molar-refractivity contribution in [2.75, 3.05) is 16.8 Å². The first-order chi connectivity index (χ1) is 16.8. The first-order valence-electron chi connectivity index (χ1n) is 11.4. The monoisotopic (exact) mass is 485 g/mol. The Hall–Kier alpha value is -3.90. The largest absolute Gasteiger partial charge is 0.350 e. The average Bonchev–Trinajstić information content (AvgIpc) is 3.08. The predicted octanol–water partition coefficient (Wildman–Crippen LogP) is 4.94. The molecule has 176 valence electrons. The summed E-state index contributed by atoms with van der Waals surface area (Å²) in [6.07, 6.45) is 0.813. The number of halogens is 1. The van der Waals surface area contributed by atoms with E-state index in [1.54, 1.807) is 36.4 Å². The maximum atomic E-state index is 13.2. The quantitative estimate of drug-likeness (QED) is 0.531. The van der Waals surface area contributed by atoms with Gasteiger partial charge in [-0.05, 0) is 66.8 Å². The lowest BCUT2D eigenvalue weighted by Crippen LogP contribution is -2.36. The number of fused-ring (bicyclic) bond motifs is 1.